The normalized spacial score (nSPS) is 16.2. The van der Waals surface area contributed by atoms with Gasteiger partial charge in [-0.25, -0.2) is 0 Å². The summed E-state index contributed by atoms with van der Waals surface area (Å²) in [6.45, 7) is 3.68. The van der Waals surface area contributed by atoms with E-state index in [0.717, 1.165) is 5.56 Å². The molecule has 3 aromatic rings. The third-order valence-electron chi connectivity index (χ3n) is 3.70. The monoisotopic (exact) mass is 320 g/mol. The fourth-order valence-electron chi connectivity index (χ4n) is 2.64. The van der Waals surface area contributed by atoms with Gasteiger partial charge in [-0.05, 0) is 53.9 Å². The van der Waals surface area contributed by atoms with Crippen LogP contribution in [0.2, 0.25) is 0 Å². The molecule has 0 bridgehead atoms. The summed E-state index contributed by atoms with van der Waals surface area (Å²) in [5.41, 5.74) is 3.01. The summed E-state index contributed by atoms with van der Waals surface area (Å²) in [6, 6.07) is 20.4. The second kappa shape index (κ2) is 7.97. The van der Waals surface area contributed by atoms with Gasteiger partial charge in [0, 0.05) is 8.22 Å². The van der Waals surface area contributed by atoms with E-state index in [1.165, 1.54) is 0 Å². The molecule has 0 radical (unpaired) electrons. The second-order valence-corrected chi connectivity index (χ2v) is 5.81. The van der Waals surface area contributed by atoms with Crippen molar-refractivity contribution in [2.75, 3.05) is 0 Å². The zero-order chi connectivity index (χ0) is 22.2. The second-order valence-electron chi connectivity index (χ2n) is 5.81. The minimum absolute atomic E-state index is 0.297. The third kappa shape index (κ3) is 4.58. The Bertz CT molecular complexity index is 1040. The number of hydrogen-bond acceptors (Lipinski definition) is 0. The molecule has 0 heterocycles. The fraction of sp³-hybridized carbons (Fsp3) is 0.250. The van der Waals surface area contributed by atoms with Gasteiger partial charge in [0.1, 0.15) is 0 Å². The van der Waals surface area contributed by atoms with Crippen LogP contribution >= 0.6 is 0 Å². The van der Waals surface area contributed by atoms with Crippen molar-refractivity contribution in [3.8, 4) is 0 Å². The van der Waals surface area contributed by atoms with E-state index in [1.54, 1.807) is 67.6 Å². The predicted octanol–water partition coefficient (Wildman–Crippen LogP) is 6.13. The maximum absolute atomic E-state index is 8.73. The summed E-state index contributed by atoms with van der Waals surface area (Å²) in [4.78, 5) is 0. The summed E-state index contributed by atoms with van der Waals surface area (Å²) in [5, 5.41) is 0. The van der Waals surface area contributed by atoms with E-state index in [4.69, 9.17) is 8.22 Å². The van der Waals surface area contributed by atoms with Crippen LogP contribution in [0.1, 0.15) is 54.9 Å². The highest BCUT2D eigenvalue weighted by Gasteiger charge is 2.02. The zero-order valence-electron chi connectivity index (χ0n) is 20.1. The van der Waals surface area contributed by atoms with Crippen molar-refractivity contribution >= 4 is 0 Å². The molecule has 24 heavy (non-hydrogen) atoms. The lowest BCUT2D eigenvalue weighted by molar-refractivity contribution is 0.918. The molecule has 0 aliphatic carbocycles. The Labute approximate surface area is 154 Å². The smallest absolute Gasteiger partial charge is 0.0366 e. The molecule has 0 N–H and O–H groups in total. The third-order valence-corrected chi connectivity index (χ3v) is 3.70. The van der Waals surface area contributed by atoms with Crippen LogP contribution in [0.4, 0.5) is 0 Å². The summed E-state index contributed by atoms with van der Waals surface area (Å²) >= 11 is 0. The molecule has 0 amide bonds. The van der Waals surface area contributed by atoms with E-state index in [-0.39, 0.29) is 0 Å². The highest BCUT2D eigenvalue weighted by molar-refractivity contribution is 5.34. The Morgan fingerprint density at radius 2 is 1.12 bits per heavy atom. The fourth-order valence-corrected chi connectivity index (χ4v) is 2.64. The lowest BCUT2D eigenvalue weighted by Crippen LogP contribution is -1.94. The van der Waals surface area contributed by atoms with Crippen molar-refractivity contribution in [3.63, 3.8) is 0 Å². The molecule has 0 aliphatic heterocycles. The van der Waals surface area contributed by atoms with Crippen LogP contribution in [0, 0.1) is 6.92 Å². The van der Waals surface area contributed by atoms with Gasteiger partial charge < -0.3 is 0 Å². The molecule has 0 aromatic heterocycles. The van der Waals surface area contributed by atoms with Crippen LogP contribution in [0.3, 0.4) is 0 Å². The standard InChI is InChI=1S/C24H26/c1-3-7-20-9-5-11-22(15-20)17-24-13-6-12-23(18-24)16-21-10-4-8-19(2)14-21/h4-6,8-15,18H,3,7,16-17H2,1-2H3/i7D2,16D2,17D2. The van der Waals surface area contributed by atoms with Crippen LogP contribution in [-0.4, -0.2) is 0 Å². The van der Waals surface area contributed by atoms with Gasteiger partial charge in [0.25, 0.3) is 0 Å². The van der Waals surface area contributed by atoms with Gasteiger partial charge in [-0.1, -0.05) is 91.7 Å². The maximum Gasteiger partial charge on any atom is 0.0366 e. The molecular weight excluding hydrogens is 288 g/mol. The molecule has 0 fully saturated rings. The van der Waals surface area contributed by atoms with Crippen LogP contribution < -0.4 is 0 Å². The predicted molar refractivity (Wildman–Crippen MR) is 104 cm³/mol. The molecule has 0 aliphatic rings. The SMILES string of the molecule is [2H]C([2H])(CC)c1cccc(C([2H])([2H])c2cccc(C([2H])([2H])c3cccc(C)c3)c2)c1. The first kappa shape index (κ1) is 10.5. The zero-order valence-corrected chi connectivity index (χ0v) is 14.1. The lowest BCUT2D eigenvalue weighted by atomic mass is 9.97. The molecule has 0 saturated carbocycles. The van der Waals surface area contributed by atoms with Crippen molar-refractivity contribution in [2.24, 2.45) is 0 Å². The first-order valence-corrected chi connectivity index (χ1v) is 8.27. The molecule has 0 unspecified atom stereocenters. The van der Waals surface area contributed by atoms with Crippen molar-refractivity contribution in [1.29, 1.82) is 0 Å². The topological polar surface area (TPSA) is 0 Å². The highest BCUT2D eigenvalue weighted by atomic mass is 14.1. The Morgan fingerprint density at radius 1 is 0.667 bits per heavy atom. The van der Waals surface area contributed by atoms with E-state index < -0.39 is 19.1 Å². The molecule has 0 saturated heterocycles. The van der Waals surface area contributed by atoms with E-state index in [1.807, 2.05) is 19.1 Å². The number of aryl methyl sites for hydroxylation is 2. The lowest BCUT2D eigenvalue weighted by Gasteiger charge is -2.08. The minimum atomic E-state index is -1.89. The quantitative estimate of drug-likeness (QED) is 0.512. The van der Waals surface area contributed by atoms with Crippen molar-refractivity contribution in [3.05, 3.63) is 106 Å². The number of hydrogen-bond donors (Lipinski definition) is 0. The molecule has 122 valence electrons. The van der Waals surface area contributed by atoms with Gasteiger partial charge >= 0.3 is 0 Å². The first-order chi connectivity index (χ1) is 14.0. The van der Waals surface area contributed by atoms with E-state index >= 15 is 0 Å². The summed E-state index contributed by atoms with van der Waals surface area (Å²) < 4.78 is 51.0. The minimum Gasteiger partial charge on any atom is -0.0651 e. The van der Waals surface area contributed by atoms with Gasteiger partial charge in [0.05, 0.1) is 0 Å². The van der Waals surface area contributed by atoms with Gasteiger partial charge in [-0.3, -0.25) is 0 Å². The largest absolute Gasteiger partial charge is 0.0651 e. The van der Waals surface area contributed by atoms with Crippen LogP contribution in [0.15, 0.2) is 72.8 Å². The van der Waals surface area contributed by atoms with Crippen LogP contribution in [0.25, 0.3) is 0 Å². The number of benzene rings is 3. The van der Waals surface area contributed by atoms with Gasteiger partial charge in [0.2, 0.25) is 0 Å². The van der Waals surface area contributed by atoms with Gasteiger partial charge in [0.15, 0.2) is 0 Å². The molecular formula is C24H26. The van der Waals surface area contributed by atoms with Crippen LogP contribution in [-0.2, 0) is 19.1 Å². The van der Waals surface area contributed by atoms with Crippen molar-refractivity contribution < 1.29 is 8.22 Å². The van der Waals surface area contributed by atoms with Crippen molar-refractivity contribution in [2.45, 2.75) is 39.4 Å². The Kier molecular flexibility index (Phi) is 3.49. The summed E-state index contributed by atoms with van der Waals surface area (Å²) in [7, 11) is 0. The van der Waals surface area contributed by atoms with E-state index in [0.29, 0.717) is 34.2 Å². The van der Waals surface area contributed by atoms with E-state index in [2.05, 4.69) is 0 Å². The molecule has 0 atom stereocenters. The summed E-state index contributed by atoms with van der Waals surface area (Å²) in [6.07, 6.45) is -4.89. The van der Waals surface area contributed by atoms with Gasteiger partial charge in [-0.2, -0.15) is 0 Å². The Balaban J connectivity index is 2.04. The molecule has 3 rings (SSSR count). The Morgan fingerprint density at radius 3 is 1.67 bits per heavy atom. The van der Waals surface area contributed by atoms with Gasteiger partial charge in [-0.15, -0.1) is 0 Å². The van der Waals surface area contributed by atoms with E-state index in [9.17, 15) is 0 Å². The molecule has 0 heteroatoms. The average Bonchev–Trinajstić information content (AvgIpc) is 2.74. The molecule has 3 aromatic carbocycles. The Hall–Kier alpha value is -2.34. The first-order valence-electron chi connectivity index (χ1n) is 11.3. The molecule has 0 nitrogen and oxygen atoms in total. The van der Waals surface area contributed by atoms with Crippen molar-refractivity contribution in [1.82, 2.24) is 0 Å². The summed E-state index contributed by atoms with van der Waals surface area (Å²) in [5.74, 6) is 0. The number of rotatable bonds is 6. The highest BCUT2D eigenvalue weighted by Crippen LogP contribution is 2.17. The average molecular weight is 321 g/mol. The maximum atomic E-state index is 8.73. The molecule has 0 spiro atoms. The van der Waals surface area contributed by atoms with Crippen LogP contribution in [0.5, 0.6) is 0 Å².